The second-order valence-electron chi connectivity index (χ2n) is 4.49. The monoisotopic (exact) mass is 246 g/mol. The molecule has 1 N–H and O–H groups in total. The highest BCUT2D eigenvalue weighted by Crippen LogP contribution is 2.32. The minimum Gasteiger partial charge on any atom is -0.497 e. The normalized spacial score (nSPS) is 25.4. The van der Waals surface area contributed by atoms with Crippen LogP contribution < -0.4 is 5.32 Å². The molecule has 0 aromatic rings. The smallest absolute Gasteiger partial charge is 0.158 e. The van der Waals surface area contributed by atoms with E-state index in [0.29, 0.717) is 0 Å². The van der Waals surface area contributed by atoms with Crippen molar-refractivity contribution in [2.75, 3.05) is 26.8 Å². The van der Waals surface area contributed by atoms with Gasteiger partial charge in [0.05, 0.1) is 25.4 Å². The van der Waals surface area contributed by atoms with E-state index in [1.54, 1.807) is 7.11 Å². The van der Waals surface area contributed by atoms with Crippen molar-refractivity contribution in [1.82, 2.24) is 10.2 Å². The van der Waals surface area contributed by atoms with Gasteiger partial charge in [-0.05, 0) is 19.1 Å². The predicted molar refractivity (Wildman–Crippen MR) is 69.5 cm³/mol. The summed E-state index contributed by atoms with van der Waals surface area (Å²) >= 11 is 0. The van der Waals surface area contributed by atoms with Gasteiger partial charge in [-0.25, -0.2) is 0 Å². The number of nitrogens with zero attached hydrogens (tertiary/aromatic N) is 1. The number of morpholine rings is 1. The summed E-state index contributed by atoms with van der Waals surface area (Å²) < 4.78 is 11.1. The fraction of sp³-hybridized carbons (Fsp3) is 0.429. The first-order chi connectivity index (χ1) is 8.83. The average molecular weight is 246 g/mol. The first-order valence-electron chi connectivity index (χ1n) is 6.36. The van der Waals surface area contributed by atoms with Gasteiger partial charge in [0.15, 0.2) is 5.76 Å². The molecule has 1 aliphatic carbocycles. The number of hydrogen-bond donors (Lipinski definition) is 1. The van der Waals surface area contributed by atoms with Crippen molar-refractivity contribution < 1.29 is 9.47 Å². The Hall–Kier alpha value is -1.84. The summed E-state index contributed by atoms with van der Waals surface area (Å²) in [4.78, 5) is 2.36. The van der Waals surface area contributed by atoms with Crippen molar-refractivity contribution in [1.29, 1.82) is 0 Å². The van der Waals surface area contributed by atoms with Gasteiger partial charge < -0.3 is 19.7 Å². The van der Waals surface area contributed by atoms with Crippen LogP contribution in [-0.4, -0.2) is 37.7 Å². The Morgan fingerprint density at radius 1 is 1.56 bits per heavy atom. The number of nitrogens with one attached hydrogen (secondary N) is 1. The van der Waals surface area contributed by atoms with Gasteiger partial charge in [0.25, 0.3) is 0 Å². The fourth-order valence-electron chi connectivity index (χ4n) is 2.59. The van der Waals surface area contributed by atoms with Crippen LogP contribution >= 0.6 is 0 Å². The summed E-state index contributed by atoms with van der Waals surface area (Å²) in [6.07, 6.45) is 8.19. The van der Waals surface area contributed by atoms with Crippen molar-refractivity contribution in [2.45, 2.75) is 13.0 Å². The van der Waals surface area contributed by atoms with E-state index in [9.17, 15) is 0 Å². The van der Waals surface area contributed by atoms with Crippen LogP contribution in [0.15, 0.2) is 47.2 Å². The SMILES string of the molecule is CCN1CCOC2=CNC3C=CC(OC)=CC3=C21. The number of fused-ring (bicyclic) bond motifs is 2. The Bertz CT molecular complexity index is 474. The van der Waals surface area contributed by atoms with Crippen LogP contribution in [0.1, 0.15) is 6.92 Å². The molecule has 0 saturated carbocycles. The number of methoxy groups -OCH3 is 1. The molecule has 0 radical (unpaired) electrons. The Morgan fingerprint density at radius 2 is 2.44 bits per heavy atom. The molecule has 1 atom stereocenters. The Balaban J connectivity index is 2.07. The molecule has 0 amide bonds. The lowest BCUT2D eigenvalue weighted by molar-refractivity contribution is 0.125. The van der Waals surface area contributed by atoms with Crippen LogP contribution in [0.5, 0.6) is 0 Å². The van der Waals surface area contributed by atoms with E-state index < -0.39 is 0 Å². The Morgan fingerprint density at radius 3 is 3.22 bits per heavy atom. The van der Waals surface area contributed by atoms with E-state index in [1.807, 2.05) is 12.3 Å². The van der Waals surface area contributed by atoms with E-state index in [4.69, 9.17) is 9.47 Å². The van der Waals surface area contributed by atoms with Crippen LogP contribution in [0.2, 0.25) is 0 Å². The van der Waals surface area contributed by atoms with Crippen molar-refractivity contribution in [3.63, 3.8) is 0 Å². The van der Waals surface area contributed by atoms with E-state index in [2.05, 4.69) is 29.3 Å². The third-order valence-corrected chi connectivity index (χ3v) is 3.54. The van der Waals surface area contributed by atoms with Crippen LogP contribution in [0.3, 0.4) is 0 Å². The summed E-state index contributed by atoms with van der Waals surface area (Å²) in [5.74, 6) is 1.83. The number of hydrogen-bond acceptors (Lipinski definition) is 4. The van der Waals surface area contributed by atoms with Crippen LogP contribution in [0.4, 0.5) is 0 Å². The molecule has 0 bridgehead atoms. The number of allylic oxidation sites excluding steroid dienone is 1. The molecule has 1 fully saturated rings. The zero-order valence-electron chi connectivity index (χ0n) is 10.8. The van der Waals surface area contributed by atoms with Crippen molar-refractivity contribution in [3.8, 4) is 0 Å². The molecule has 4 heteroatoms. The van der Waals surface area contributed by atoms with Gasteiger partial charge >= 0.3 is 0 Å². The molecule has 4 nitrogen and oxygen atoms in total. The maximum atomic E-state index is 5.74. The summed E-state index contributed by atoms with van der Waals surface area (Å²) in [5.41, 5.74) is 2.43. The lowest BCUT2D eigenvalue weighted by atomic mass is 9.94. The highest BCUT2D eigenvalue weighted by Gasteiger charge is 2.30. The number of likely N-dealkylation sites (N-methyl/N-ethyl adjacent to an activating group) is 1. The number of dihydropyridines is 1. The van der Waals surface area contributed by atoms with Gasteiger partial charge in [-0.1, -0.05) is 6.08 Å². The van der Waals surface area contributed by atoms with Gasteiger partial charge in [0.2, 0.25) is 0 Å². The second-order valence-corrected chi connectivity index (χ2v) is 4.49. The highest BCUT2D eigenvalue weighted by molar-refractivity contribution is 5.50. The quantitative estimate of drug-likeness (QED) is 0.800. The maximum Gasteiger partial charge on any atom is 0.158 e. The highest BCUT2D eigenvalue weighted by atomic mass is 16.5. The molecule has 2 aliphatic heterocycles. The molecular formula is C14H18N2O2. The summed E-state index contributed by atoms with van der Waals surface area (Å²) in [5, 5.41) is 3.35. The Labute approximate surface area is 107 Å². The molecular weight excluding hydrogens is 228 g/mol. The van der Waals surface area contributed by atoms with Crippen LogP contribution in [0.25, 0.3) is 0 Å². The van der Waals surface area contributed by atoms with Crippen LogP contribution in [0, 0.1) is 0 Å². The number of ether oxygens (including phenoxy) is 2. The van der Waals surface area contributed by atoms with E-state index in [-0.39, 0.29) is 6.04 Å². The third kappa shape index (κ3) is 1.68. The molecule has 18 heavy (non-hydrogen) atoms. The molecule has 96 valence electrons. The minimum absolute atomic E-state index is 0.221. The molecule has 0 aromatic carbocycles. The topological polar surface area (TPSA) is 33.7 Å². The van der Waals surface area contributed by atoms with Crippen molar-refractivity contribution in [2.24, 2.45) is 0 Å². The summed E-state index contributed by atoms with van der Waals surface area (Å²) in [7, 11) is 1.70. The molecule has 2 heterocycles. The van der Waals surface area contributed by atoms with Crippen molar-refractivity contribution in [3.05, 3.63) is 47.2 Å². The molecule has 0 aromatic heterocycles. The minimum atomic E-state index is 0.221. The molecule has 3 rings (SSSR count). The number of rotatable bonds is 2. The average Bonchev–Trinajstić information content (AvgIpc) is 2.45. The third-order valence-electron chi connectivity index (χ3n) is 3.54. The fourth-order valence-corrected chi connectivity index (χ4v) is 2.59. The predicted octanol–water partition coefficient (Wildman–Crippen LogP) is 1.51. The van der Waals surface area contributed by atoms with E-state index in [0.717, 1.165) is 31.2 Å². The van der Waals surface area contributed by atoms with Gasteiger partial charge in [-0.3, -0.25) is 0 Å². The van der Waals surface area contributed by atoms with Gasteiger partial charge in [-0.15, -0.1) is 0 Å². The molecule has 3 aliphatic rings. The standard InChI is InChI=1S/C14H18N2O2/c1-3-16-6-7-18-13-9-15-12-5-4-10(17-2)8-11(12)14(13)16/h4-5,8-9,12,15H,3,6-7H2,1-2H3. The lowest BCUT2D eigenvalue weighted by Crippen LogP contribution is -2.41. The van der Waals surface area contributed by atoms with Crippen molar-refractivity contribution >= 4 is 0 Å². The molecule has 0 spiro atoms. The Kier molecular flexibility index (Phi) is 2.78. The van der Waals surface area contributed by atoms with Crippen LogP contribution in [-0.2, 0) is 9.47 Å². The van der Waals surface area contributed by atoms with Gasteiger partial charge in [0.1, 0.15) is 12.4 Å². The zero-order valence-corrected chi connectivity index (χ0v) is 10.8. The molecule has 1 saturated heterocycles. The van der Waals surface area contributed by atoms with E-state index in [1.165, 1.54) is 11.3 Å². The summed E-state index contributed by atoms with van der Waals surface area (Å²) in [6.45, 7) is 4.86. The maximum absolute atomic E-state index is 5.74. The van der Waals surface area contributed by atoms with E-state index >= 15 is 0 Å². The second kappa shape index (κ2) is 4.44. The van der Waals surface area contributed by atoms with Gasteiger partial charge in [0, 0.05) is 18.3 Å². The summed E-state index contributed by atoms with van der Waals surface area (Å²) in [6, 6.07) is 0.221. The van der Waals surface area contributed by atoms with Gasteiger partial charge in [-0.2, -0.15) is 0 Å². The first-order valence-corrected chi connectivity index (χ1v) is 6.36. The molecule has 1 unspecified atom stereocenters. The first kappa shape index (κ1) is 11.3. The lowest BCUT2D eigenvalue weighted by Gasteiger charge is -2.38. The zero-order chi connectivity index (χ0) is 12.5. The largest absolute Gasteiger partial charge is 0.497 e.